The van der Waals surface area contributed by atoms with E-state index < -0.39 is 10.0 Å². The summed E-state index contributed by atoms with van der Waals surface area (Å²) in [6, 6.07) is 7.21. The van der Waals surface area contributed by atoms with Gasteiger partial charge >= 0.3 is 0 Å². The number of carbonyl (C=O) groups is 1. The Hall–Kier alpha value is -1.56. The molecule has 0 radical (unpaired) electrons. The van der Waals surface area contributed by atoms with E-state index in [0.717, 1.165) is 17.8 Å². The normalized spacial score (nSPS) is 36.5. The molecule has 1 saturated heterocycles. The van der Waals surface area contributed by atoms with Gasteiger partial charge < -0.3 is 5.32 Å². The Balaban J connectivity index is 1.28. The van der Waals surface area contributed by atoms with Crippen LogP contribution in [0.1, 0.15) is 62.2 Å². The summed E-state index contributed by atoms with van der Waals surface area (Å²) in [5, 5.41) is 3.29. The molecule has 5 aliphatic rings. The molecular weight excluding hydrogens is 372 g/mol. The van der Waals surface area contributed by atoms with Gasteiger partial charge in [0.1, 0.15) is 0 Å². The van der Waals surface area contributed by atoms with E-state index in [9.17, 15) is 13.2 Å². The van der Waals surface area contributed by atoms with Crippen LogP contribution in [0.4, 0.5) is 5.69 Å². The Morgan fingerprint density at radius 2 is 1.64 bits per heavy atom. The van der Waals surface area contributed by atoms with Crippen molar-refractivity contribution in [3.8, 4) is 0 Å². The van der Waals surface area contributed by atoms with Gasteiger partial charge in [-0.05, 0) is 99.3 Å². The maximum Gasteiger partial charge on any atom is 0.251 e. The summed E-state index contributed by atoms with van der Waals surface area (Å²) in [5.41, 5.74) is 1.55. The summed E-state index contributed by atoms with van der Waals surface area (Å²) in [7, 11) is -3.19. The zero-order valence-corrected chi connectivity index (χ0v) is 17.4. The predicted molar refractivity (Wildman–Crippen MR) is 110 cm³/mol. The van der Waals surface area contributed by atoms with Crippen molar-refractivity contribution in [3.63, 3.8) is 0 Å². The number of anilines is 1. The SMILES string of the molecule is CC(NC(=O)c1ccc(N2CCCS2(=O)=O)cc1)C12CC3CC(CC(C3)C1)C2. The minimum atomic E-state index is -3.19. The van der Waals surface area contributed by atoms with E-state index in [4.69, 9.17) is 0 Å². The smallest absolute Gasteiger partial charge is 0.251 e. The Morgan fingerprint density at radius 3 is 2.14 bits per heavy atom. The Bertz CT molecular complexity index is 842. The van der Waals surface area contributed by atoms with Gasteiger partial charge in [0.2, 0.25) is 10.0 Å². The minimum Gasteiger partial charge on any atom is -0.349 e. The number of hydrogen-bond donors (Lipinski definition) is 1. The summed E-state index contributed by atoms with van der Waals surface area (Å²) < 4.78 is 25.6. The van der Waals surface area contributed by atoms with Crippen LogP contribution in [0.25, 0.3) is 0 Å². The second kappa shape index (κ2) is 6.48. The van der Waals surface area contributed by atoms with Crippen LogP contribution in [0.5, 0.6) is 0 Å². The zero-order chi connectivity index (χ0) is 19.5. The van der Waals surface area contributed by atoms with Crippen LogP contribution >= 0.6 is 0 Å². The standard InChI is InChI=1S/C22H30N2O3S/c1-15(22-12-16-9-17(13-22)11-18(10-16)14-22)23-21(25)19-3-5-20(6-4-19)24-7-2-8-28(24,26)27/h3-6,15-18H,2,7-14H2,1H3,(H,23,25). The molecule has 1 aromatic carbocycles. The molecule has 6 heteroatoms. The molecule has 4 aliphatic carbocycles. The van der Waals surface area contributed by atoms with Crippen LogP contribution in [0.2, 0.25) is 0 Å². The molecule has 1 aliphatic heterocycles. The summed E-state index contributed by atoms with van der Waals surface area (Å²) in [6.45, 7) is 2.72. The lowest BCUT2D eigenvalue weighted by Gasteiger charge is -2.59. The van der Waals surface area contributed by atoms with Gasteiger partial charge in [-0.3, -0.25) is 9.10 Å². The van der Waals surface area contributed by atoms with E-state index in [1.54, 1.807) is 24.3 Å². The first-order valence-corrected chi connectivity index (χ1v) is 12.4. The van der Waals surface area contributed by atoms with Gasteiger partial charge in [-0.25, -0.2) is 8.42 Å². The Labute approximate surface area is 167 Å². The quantitative estimate of drug-likeness (QED) is 0.837. The van der Waals surface area contributed by atoms with Gasteiger partial charge in [0.15, 0.2) is 0 Å². The molecule has 0 aromatic heterocycles. The lowest BCUT2D eigenvalue weighted by atomic mass is 9.48. The largest absolute Gasteiger partial charge is 0.349 e. The molecule has 0 spiro atoms. The predicted octanol–water partition coefficient (Wildman–Crippen LogP) is 3.56. The van der Waals surface area contributed by atoms with Crippen LogP contribution in [-0.4, -0.2) is 32.7 Å². The van der Waals surface area contributed by atoms with Crippen LogP contribution in [0.3, 0.4) is 0 Å². The Kier molecular flexibility index (Phi) is 4.27. The summed E-state index contributed by atoms with van der Waals surface area (Å²) >= 11 is 0. The fraction of sp³-hybridized carbons (Fsp3) is 0.682. The topological polar surface area (TPSA) is 66.5 Å². The molecule has 1 unspecified atom stereocenters. The fourth-order valence-corrected chi connectivity index (χ4v) is 8.41. The van der Waals surface area contributed by atoms with Gasteiger partial charge in [-0.15, -0.1) is 0 Å². The van der Waals surface area contributed by atoms with E-state index in [0.29, 0.717) is 24.2 Å². The van der Waals surface area contributed by atoms with Crippen molar-refractivity contribution in [1.29, 1.82) is 0 Å². The summed E-state index contributed by atoms with van der Waals surface area (Å²) in [6.07, 6.45) is 8.68. The van der Waals surface area contributed by atoms with Crippen molar-refractivity contribution in [1.82, 2.24) is 5.32 Å². The molecule has 28 heavy (non-hydrogen) atoms. The maximum absolute atomic E-state index is 12.9. The highest BCUT2D eigenvalue weighted by Gasteiger charge is 2.53. The maximum atomic E-state index is 12.9. The average molecular weight is 403 g/mol. The second-order valence-corrected chi connectivity index (χ2v) is 11.8. The lowest BCUT2D eigenvalue weighted by molar-refractivity contribution is -0.0688. The lowest BCUT2D eigenvalue weighted by Crippen LogP contribution is -2.55. The minimum absolute atomic E-state index is 0.0425. The molecule has 5 fully saturated rings. The zero-order valence-electron chi connectivity index (χ0n) is 16.6. The van der Waals surface area contributed by atoms with Gasteiger partial charge in [0.05, 0.1) is 11.4 Å². The van der Waals surface area contributed by atoms with E-state index >= 15 is 0 Å². The molecule has 1 heterocycles. The van der Waals surface area contributed by atoms with E-state index in [1.165, 1.54) is 42.8 Å². The number of amides is 1. The summed E-state index contributed by atoms with van der Waals surface area (Å²) in [4.78, 5) is 12.9. The average Bonchev–Trinajstić information content (AvgIpc) is 3.00. The van der Waals surface area contributed by atoms with Crippen LogP contribution < -0.4 is 9.62 Å². The molecule has 152 valence electrons. The number of nitrogens with one attached hydrogen (secondary N) is 1. The molecular formula is C22H30N2O3S. The highest BCUT2D eigenvalue weighted by Crippen LogP contribution is 2.61. The van der Waals surface area contributed by atoms with Gasteiger partial charge in [0, 0.05) is 18.2 Å². The van der Waals surface area contributed by atoms with E-state index in [-0.39, 0.29) is 23.1 Å². The van der Waals surface area contributed by atoms with Gasteiger partial charge in [0.25, 0.3) is 5.91 Å². The number of nitrogens with zero attached hydrogens (tertiary/aromatic N) is 1. The van der Waals surface area contributed by atoms with Crippen molar-refractivity contribution in [2.45, 2.75) is 57.9 Å². The number of benzene rings is 1. The van der Waals surface area contributed by atoms with Crippen molar-refractivity contribution in [2.75, 3.05) is 16.6 Å². The van der Waals surface area contributed by atoms with E-state index in [2.05, 4.69) is 12.2 Å². The molecule has 1 N–H and O–H groups in total. The van der Waals surface area contributed by atoms with E-state index in [1.807, 2.05) is 0 Å². The molecule has 1 atom stereocenters. The first kappa shape index (κ1) is 18.5. The van der Waals surface area contributed by atoms with Crippen molar-refractivity contribution < 1.29 is 13.2 Å². The van der Waals surface area contributed by atoms with Gasteiger partial charge in [-0.2, -0.15) is 0 Å². The molecule has 4 saturated carbocycles. The molecule has 5 nitrogen and oxygen atoms in total. The fourth-order valence-electron chi connectivity index (χ4n) is 6.85. The first-order chi connectivity index (χ1) is 13.3. The Morgan fingerprint density at radius 1 is 1.07 bits per heavy atom. The van der Waals surface area contributed by atoms with Crippen molar-refractivity contribution in [2.24, 2.45) is 23.2 Å². The molecule has 1 aromatic rings. The monoisotopic (exact) mass is 402 g/mol. The van der Waals surface area contributed by atoms with Crippen LogP contribution in [0, 0.1) is 23.2 Å². The third-order valence-electron chi connectivity index (χ3n) is 7.87. The van der Waals surface area contributed by atoms with Crippen LogP contribution in [-0.2, 0) is 10.0 Å². The third-order valence-corrected chi connectivity index (χ3v) is 9.74. The van der Waals surface area contributed by atoms with Gasteiger partial charge in [-0.1, -0.05) is 0 Å². The number of carbonyl (C=O) groups excluding carboxylic acids is 1. The van der Waals surface area contributed by atoms with Crippen molar-refractivity contribution in [3.05, 3.63) is 29.8 Å². The third kappa shape index (κ3) is 3.04. The number of rotatable bonds is 4. The van der Waals surface area contributed by atoms with Crippen molar-refractivity contribution >= 4 is 21.6 Å². The summed E-state index contributed by atoms with van der Waals surface area (Å²) in [5.74, 6) is 2.77. The number of sulfonamides is 1. The highest BCUT2D eigenvalue weighted by atomic mass is 32.2. The molecule has 1 amide bonds. The first-order valence-electron chi connectivity index (χ1n) is 10.8. The van der Waals surface area contributed by atoms with Crippen LogP contribution in [0.15, 0.2) is 24.3 Å². The molecule has 4 bridgehead atoms. The highest BCUT2D eigenvalue weighted by molar-refractivity contribution is 7.93. The number of hydrogen-bond acceptors (Lipinski definition) is 3. The second-order valence-electron chi connectivity index (χ2n) is 9.76. The molecule has 6 rings (SSSR count).